The number of phenols is 1. The van der Waals surface area contributed by atoms with Crippen LogP contribution in [-0.4, -0.2) is 25.1 Å². The van der Waals surface area contributed by atoms with Gasteiger partial charge in [-0.15, -0.1) is 0 Å². The molecule has 4 aromatic carbocycles. The molecule has 4 heteroatoms. The zero-order valence-electron chi connectivity index (χ0n) is 16.2. The second kappa shape index (κ2) is 7.68. The summed E-state index contributed by atoms with van der Waals surface area (Å²) >= 11 is 0. The molecular weight excluding hydrogens is 364 g/mol. The largest absolute Gasteiger partial charge is 0.508 e. The number of carbonyl (C=O) groups is 1. The normalized spacial score (nSPS) is 10.7. The van der Waals surface area contributed by atoms with Gasteiger partial charge in [-0.1, -0.05) is 24.3 Å². The fourth-order valence-electron chi connectivity index (χ4n) is 3.47. The van der Waals surface area contributed by atoms with E-state index in [-0.39, 0.29) is 11.5 Å². The van der Waals surface area contributed by atoms with Gasteiger partial charge < -0.3 is 14.6 Å². The molecular formula is C25H20O4. The Labute approximate surface area is 169 Å². The molecule has 0 spiro atoms. The van der Waals surface area contributed by atoms with Crippen molar-refractivity contribution < 1.29 is 19.4 Å². The van der Waals surface area contributed by atoms with Crippen LogP contribution >= 0.6 is 0 Å². The van der Waals surface area contributed by atoms with Crippen molar-refractivity contribution in [3.8, 4) is 28.4 Å². The number of hydrogen-bond acceptors (Lipinski definition) is 4. The van der Waals surface area contributed by atoms with E-state index in [1.165, 1.54) is 12.1 Å². The van der Waals surface area contributed by atoms with Crippen LogP contribution in [0.25, 0.3) is 21.9 Å². The number of ketones is 1. The Morgan fingerprint density at radius 3 is 2.24 bits per heavy atom. The molecule has 29 heavy (non-hydrogen) atoms. The van der Waals surface area contributed by atoms with Crippen molar-refractivity contribution in [1.29, 1.82) is 0 Å². The number of phenolic OH excluding ortho intramolecular Hbond substituents is 1. The maximum absolute atomic E-state index is 13.5. The zero-order chi connectivity index (χ0) is 20.4. The summed E-state index contributed by atoms with van der Waals surface area (Å²) in [5.41, 5.74) is 2.82. The molecule has 0 atom stereocenters. The predicted octanol–water partition coefficient (Wildman–Crippen LogP) is 5.46. The summed E-state index contributed by atoms with van der Waals surface area (Å²) in [5.74, 6) is 1.46. The molecule has 0 aromatic heterocycles. The molecule has 0 aliphatic heterocycles. The Kier molecular flexibility index (Phi) is 4.92. The molecule has 4 aromatic rings. The van der Waals surface area contributed by atoms with Gasteiger partial charge in [0.05, 0.1) is 14.2 Å². The fourth-order valence-corrected chi connectivity index (χ4v) is 3.47. The van der Waals surface area contributed by atoms with Crippen molar-refractivity contribution in [2.24, 2.45) is 0 Å². The van der Waals surface area contributed by atoms with Crippen LogP contribution in [0, 0.1) is 0 Å². The van der Waals surface area contributed by atoms with Crippen LogP contribution in [0.2, 0.25) is 0 Å². The summed E-state index contributed by atoms with van der Waals surface area (Å²) in [5, 5.41) is 11.3. The van der Waals surface area contributed by atoms with Crippen molar-refractivity contribution in [2.45, 2.75) is 0 Å². The van der Waals surface area contributed by atoms with Crippen molar-refractivity contribution in [2.75, 3.05) is 14.2 Å². The summed E-state index contributed by atoms with van der Waals surface area (Å²) in [7, 11) is 3.24. The number of benzene rings is 4. The lowest BCUT2D eigenvalue weighted by molar-refractivity contribution is 0.104. The second-order valence-electron chi connectivity index (χ2n) is 6.68. The van der Waals surface area contributed by atoms with Crippen LogP contribution in [0.3, 0.4) is 0 Å². The molecule has 0 unspecified atom stereocenters. The second-order valence-corrected chi connectivity index (χ2v) is 6.68. The zero-order valence-corrected chi connectivity index (χ0v) is 16.2. The fraction of sp³-hybridized carbons (Fsp3) is 0.0800. The minimum atomic E-state index is -0.112. The van der Waals surface area contributed by atoms with E-state index in [2.05, 4.69) is 0 Å². The van der Waals surface area contributed by atoms with Crippen molar-refractivity contribution in [3.63, 3.8) is 0 Å². The van der Waals surface area contributed by atoms with E-state index in [9.17, 15) is 9.90 Å². The van der Waals surface area contributed by atoms with Gasteiger partial charge in [-0.2, -0.15) is 0 Å². The first kappa shape index (κ1) is 18.6. The first-order valence-corrected chi connectivity index (χ1v) is 9.19. The molecule has 4 rings (SSSR count). The number of carbonyl (C=O) groups excluding carboxylic acids is 1. The van der Waals surface area contributed by atoms with Crippen molar-refractivity contribution in [1.82, 2.24) is 0 Å². The van der Waals surface area contributed by atoms with Crippen LogP contribution in [-0.2, 0) is 0 Å². The third-order valence-corrected chi connectivity index (χ3v) is 4.96. The first-order valence-electron chi connectivity index (χ1n) is 9.19. The third-order valence-electron chi connectivity index (χ3n) is 4.96. The van der Waals surface area contributed by atoms with Gasteiger partial charge in [-0.3, -0.25) is 4.79 Å². The lowest BCUT2D eigenvalue weighted by Gasteiger charge is -2.14. The van der Waals surface area contributed by atoms with Gasteiger partial charge in [-0.25, -0.2) is 0 Å². The minimum absolute atomic E-state index is 0.112. The van der Waals surface area contributed by atoms with E-state index < -0.39 is 0 Å². The van der Waals surface area contributed by atoms with Crippen LogP contribution in [0.4, 0.5) is 0 Å². The van der Waals surface area contributed by atoms with E-state index in [0.717, 1.165) is 33.4 Å². The molecule has 0 amide bonds. The highest BCUT2D eigenvalue weighted by molar-refractivity contribution is 6.20. The van der Waals surface area contributed by atoms with Gasteiger partial charge >= 0.3 is 0 Å². The van der Waals surface area contributed by atoms with Gasteiger partial charge in [0.25, 0.3) is 0 Å². The summed E-state index contributed by atoms with van der Waals surface area (Å²) < 4.78 is 10.7. The number of hydrogen-bond donors (Lipinski definition) is 1. The van der Waals surface area contributed by atoms with Crippen LogP contribution in [0.15, 0.2) is 78.9 Å². The summed E-state index contributed by atoms with van der Waals surface area (Å²) in [6, 6.07) is 23.6. The monoisotopic (exact) mass is 384 g/mol. The molecule has 0 aliphatic carbocycles. The molecule has 1 N–H and O–H groups in total. The molecule has 0 radical (unpaired) electrons. The Hall–Kier alpha value is -3.79. The quantitative estimate of drug-likeness (QED) is 0.464. The number of aromatic hydroxyl groups is 1. The van der Waals surface area contributed by atoms with E-state index >= 15 is 0 Å². The molecule has 4 nitrogen and oxygen atoms in total. The molecule has 0 saturated carbocycles. The maximum atomic E-state index is 13.5. The van der Waals surface area contributed by atoms with Gasteiger partial charge in [0.1, 0.15) is 17.2 Å². The van der Waals surface area contributed by atoms with E-state index in [1.54, 1.807) is 26.4 Å². The van der Waals surface area contributed by atoms with Crippen molar-refractivity contribution in [3.05, 3.63) is 90.0 Å². The molecule has 0 aliphatic rings. The van der Waals surface area contributed by atoms with Gasteiger partial charge in [0.15, 0.2) is 5.78 Å². The summed E-state index contributed by atoms with van der Waals surface area (Å²) in [6.07, 6.45) is 0. The molecule has 0 bridgehead atoms. The van der Waals surface area contributed by atoms with E-state index in [0.29, 0.717) is 11.1 Å². The lowest BCUT2D eigenvalue weighted by atomic mass is 9.89. The highest BCUT2D eigenvalue weighted by Crippen LogP contribution is 2.35. The number of fused-ring (bicyclic) bond motifs is 1. The predicted molar refractivity (Wildman–Crippen MR) is 114 cm³/mol. The Morgan fingerprint density at radius 2 is 1.52 bits per heavy atom. The maximum Gasteiger partial charge on any atom is 0.194 e. The lowest BCUT2D eigenvalue weighted by Crippen LogP contribution is -2.05. The number of rotatable bonds is 5. The Balaban J connectivity index is 1.98. The molecule has 0 fully saturated rings. The average molecular weight is 384 g/mol. The van der Waals surface area contributed by atoms with Gasteiger partial charge in [0, 0.05) is 11.1 Å². The standard InChI is InChI=1S/C25H20O4/c1-28-20-5-3-4-17(14-20)22-12-8-18-15-21(29-2)11-13-23(18)24(22)25(27)16-6-9-19(26)10-7-16/h3-15,26H,1-2H3. The number of methoxy groups -OCH3 is 2. The molecule has 144 valence electrons. The van der Waals surface area contributed by atoms with E-state index in [1.807, 2.05) is 54.6 Å². The molecule has 0 saturated heterocycles. The average Bonchev–Trinajstić information content (AvgIpc) is 2.78. The molecule has 0 heterocycles. The van der Waals surface area contributed by atoms with Gasteiger partial charge in [0.2, 0.25) is 0 Å². The SMILES string of the molecule is COc1cccc(-c2ccc3cc(OC)ccc3c2C(=O)c2ccc(O)cc2)c1. The smallest absolute Gasteiger partial charge is 0.194 e. The number of ether oxygens (including phenoxy) is 2. The van der Waals surface area contributed by atoms with Crippen LogP contribution in [0.1, 0.15) is 15.9 Å². The topological polar surface area (TPSA) is 55.8 Å². The first-order chi connectivity index (χ1) is 14.1. The van der Waals surface area contributed by atoms with E-state index in [4.69, 9.17) is 9.47 Å². The van der Waals surface area contributed by atoms with Crippen molar-refractivity contribution >= 4 is 16.6 Å². The highest BCUT2D eigenvalue weighted by atomic mass is 16.5. The Morgan fingerprint density at radius 1 is 0.793 bits per heavy atom. The summed E-state index contributed by atoms with van der Waals surface area (Å²) in [4.78, 5) is 13.5. The highest BCUT2D eigenvalue weighted by Gasteiger charge is 2.19. The van der Waals surface area contributed by atoms with Gasteiger partial charge in [-0.05, 0) is 76.5 Å². The summed E-state index contributed by atoms with van der Waals surface area (Å²) in [6.45, 7) is 0. The van der Waals surface area contributed by atoms with Crippen LogP contribution in [0.5, 0.6) is 17.2 Å². The Bertz CT molecular complexity index is 1190. The third kappa shape index (κ3) is 3.52. The minimum Gasteiger partial charge on any atom is -0.508 e. The van der Waals surface area contributed by atoms with Crippen LogP contribution < -0.4 is 9.47 Å².